The topological polar surface area (TPSA) is 56.8 Å². The number of methoxy groups -OCH3 is 1. The number of fused-ring (bicyclic) bond motifs is 1. The molecule has 1 unspecified atom stereocenters. The van der Waals surface area contributed by atoms with Gasteiger partial charge in [0.15, 0.2) is 11.5 Å². The van der Waals surface area contributed by atoms with Gasteiger partial charge >= 0.3 is 0 Å². The number of carbonyl (C=O) groups excluding carboxylic acids is 1. The van der Waals surface area contributed by atoms with Gasteiger partial charge in [-0.05, 0) is 23.6 Å². The molecule has 1 aliphatic rings. The average molecular weight is 279 g/mol. The molecule has 1 heterocycles. The van der Waals surface area contributed by atoms with Gasteiger partial charge in [0, 0.05) is 20.1 Å². The van der Waals surface area contributed by atoms with E-state index in [0.29, 0.717) is 32.8 Å². The van der Waals surface area contributed by atoms with Gasteiger partial charge in [-0.1, -0.05) is 13.0 Å². The van der Waals surface area contributed by atoms with Crippen molar-refractivity contribution in [1.82, 2.24) is 5.32 Å². The second-order valence-corrected chi connectivity index (χ2v) is 4.85. The normalized spacial score (nSPS) is 14.7. The summed E-state index contributed by atoms with van der Waals surface area (Å²) in [4.78, 5) is 11.8. The summed E-state index contributed by atoms with van der Waals surface area (Å²) >= 11 is 0. The van der Waals surface area contributed by atoms with Crippen LogP contribution in [0.15, 0.2) is 18.2 Å². The summed E-state index contributed by atoms with van der Waals surface area (Å²) in [7, 11) is 1.62. The van der Waals surface area contributed by atoms with E-state index in [9.17, 15) is 4.79 Å². The van der Waals surface area contributed by atoms with Gasteiger partial charge in [-0.3, -0.25) is 4.79 Å². The molecule has 1 aromatic carbocycles. The van der Waals surface area contributed by atoms with Crippen molar-refractivity contribution in [1.29, 1.82) is 0 Å². The summed E-state index contributed by atoms with van der Waals surface area (Å²) in [5.41, 5.74) is 1.08. The van der Waals surface area contributed by atoms with Gasteiger partial charge in [0.1, 0.15) is 13.2 Å². The minimum atomic E-state index is 0.0319. The van der Waals surface area contributed by atoms with Crippen molar-refractivity contribution >= 4 is 5.91 Å². The highest BCUT2D eigenvalue weighted by Crippen LogP contribution is 2.33. The molecule has 0 fully saturated rings. The minimum absolute atomic E-state index is 0.0319. The van der Waals surface area contributed by atoms with E-state index in [4.69, 9.17) is 14.2 Å². The van der Waals surface area contributed by atoms with Crippen molar-refractivity contribution in [2.45, 2.75) is 19.3 Å². The van der Waals surface area contributed by atoms with E-state index >= 15 is 0 Å². The highest BCUT2D eigenvalue weighted by Gasteiger charge is 2.16. The predicted octanol–water partition coefficient (Wildman–Crippen LogP) is 1.71. The number of benzene rings is 1. The van der Waals surface area contributed by atoms with Crippen molar-refractivity contribution in [3.8, 4) is 11.5 Å². The van der Waals surface area contributed by atoms with Gasteiger partial charge in [0.25, 0.3) is 0 Å². The van der Waals surface area contributed by atoms with Crippen LogP contribution in [0.25, 0.3) is 0 Å². The van der Waals surface area contributed by atoms with Gasteiger partial charge in [-0.15, -0.1) is 0 Å². The van der Waals surface area contributed by atoms with E-state index in [1.165, 1.54) is 0 Å². The summed E-state index contributed by atoms with van der Waals surface area (Å²) in [5, 5.41) is 2.83. The quantitative estimate of drug-likeness (QED) is 0.806. The zero-order valence-corrected chi connectivity index (χ0v) is 12.0. The van der Waals surface area contributed by atoms with Gasteiger partial charge in [0.05, 0.1) is 6.61 Å². The van der Waals surface area contributed by atoms with Crippen LogP contribution >= 0.6 is 0 Å². The molecule has 20 heavy (non-hydrogen) atoms. The number of rotatable bonds is 6. The first-order valence-corrected chi connectivity index (χ1v) is 6.86. The minimum Gasteiger partial charge on any atom is -0.486 e. The Hall–Kier alpha value is -1.75. The summed E-state index contributed by atoms with van der Waals surface area (Å²) in [6.45, 7) is 4.26. The highest BCUT2D eigenvalue weighted by molar-refractivity contribution is 5.76. The molecule has 5 heteroatoms. The lowest BCUT2D eigenvalue weighted by Gasteiger charge is -2.20. The molecule has 0 spiro atoms. The molecule has 5 nitrogen and oxygen atoms in total. The molecule has 0 bridgehead atoms. The smallest absolute Gasteiger partial charge is 0.220 e. The summed E-state index contributed by atoms with van der Waals surface area (Å²) in [6.07, 6.45) is 0.448. The third kappa shape index (κ3) is 3.87. The number of hydrogen-bond acceptors (Lipinski definition) is 4. The van der Waals surface area contributed by atoms with E-state index in [1.807, 2.05) is 25.1 Å². The summed E-state index contributed by atoms with van der Waals surface area (Å²) in [5.74, 6) is 1.70. The molecular weight excluding hydrogens is 258 g/mol. The molecule has 110 valence electrons. The van der Waals surface area contributed by atoms with Crippen LogP contribution in [0.2, 0.25) is 0 Å². The Bertz CT molecular complexity index is 461. The van der Waals surface area contributed by atoms with E-state index in [1.54, 1.807) is 7.11 Å². The lowest BCUT2D eigenvalue weighted by molar-refractivity contribution is -0.121. The van der Waals surface area contributed by atoms with Crippen LogP contribution in [-0.4, -0.2) is 39.4 Å². The average Bonchev–Trinajstić information content (AvgIpc) is 2.47. The zero-order valence-electron chi connectivity index (χ0n) is 12.0. The molecule has 1 amide bonds. The van der Waals surface area contributed by atoms with E-state index in [0.717, 1.165) is 17.1 Å². The standard InChI is InChI=1S/C15H21NO4/c1-11(9-15(17)16-5-6-18-2)12-3-4-13-14(10-12)20-8-7-19-13/h3-4,10-11H,5-9H2,1-2H3,(H,16,17). The molecule has 0 saturated heterocycles. The van der Waals surface area contributed by atoms with Gasteiger partial charge in [-0.25, -0.2) is 0 Å². The number of ether oxygens (including phenoxy) is 3. The fourth-order valence-electron chi connectivity index (χ4n) is 2.13. The first-order chi connectivity index (χ1) is 9.70. The second-order valence-electron chi connectivity index (χ2n) is 4.85. The first kappa shape index (κ1) is 14.7. The van der Waals surface area contributed by atoms with Gasteiger partial charge in [0.2, 0.25) is 5.91 Å². The Balaban J connectivity index is 1.91. The molecule has 1 aromatic rings. The van der Waals surface area contributed by atoms with Crippen LogP contribution in [0, 0.1) is 0 Å². The molecule has 1 aliphatic heterocycles. The number of hydrogen-bond donors (Lipinski definition) is 1. The zero-order chi connectivity index (χ0) is 14.4. The van der Waals surface area contributed by atoms with Crippen molar-refractivity contribution in [3.63, 3.8) is 0 Å². The van der Waals surface area contributed by atoms with Crippen LogP contribution in [-0.2, 0) is 9.53 Å². The molecular formula is C15H21NO4. The lowest BCUT2D eigenvalue weighted by Crippen LogP contribution is -2.27. The highest BCUT2D eigenvalue weighted by atomic mass is 16.6. The maximum Gasteiger partial charge on any atom is 0.220 e. The van der Waals surface area contributed by atoms with E-state index < -0.39 is 0 Å². The Labute approximate surface area is 119 Å². The first-order valence-electron chi connectivity index (χ1n) is 6.86. The fourth-order valence-corrected chi connectivity index (χ4v) is 2.13. The van der Waals surface area contributed by atoms with Crippen LogP contribution in [0.3, 0.4) is 0 Å². The van der Waals surface area contributed by atoms with Crippen molar-refractivity contribution in [2.24, 2.45) is 0 Å². The maximum absolute atomic E-state index is 11.8. The molecule has 0 aliphatic carbocycles. The fraction of sp³-hybridized carbons (Fsp3) is 0.533. The number of amides is 1. The molecule has 0 aromatic heterocycles. The summed E-state index contributed by atoms with van der Waals surface area (Å²) < 4.78 is 15.9. The molecule has 1 atom stereocenters. The van der Waals surface area contributed by atoms with Crippen LogP contribution in [0.1, 0.15) is 24.8 Å². The van der Waals surface area contributed by atoms with E-state index in [-0.39, 0.29) is 11.8 Å². The predicted molar refractivity (Wildman–Crippen MR) is 75.3 cm³/mol. The Morgan fingerprint density at radius 2 is 2.10 bits per heavy atom. The maximum atomic E-state index is 11.8. The largest absolute Gasteiger partial charge is 0.486 e. The van der Waals surface area contributed by atoms with Gasteiger partial charge < -0.3 is 19.5 Å². The van der Waals surface area contributed by atoms with E-state index in [2.05, 4.69) is 5.32 Å². The monoisotopic (exact) mass is 279 g/mol. The lowest BCUT2D eigenvalue weighted by atomic mass is 9.97. The Morgan fingerprint density at radius 3 is 2.85 bits per heavy atom. The van der Waals surface area contributed by atoms with Crippen LogP contribution in [0.5, 0.6) is 11.5 Å². The van der Waals surface area contributed by atoms with Crippen LogP contribution < -0.4 is 14.8 Å². The molecule has 2 rings (SSSR count). The van der Waals surface area contributed by atoms with Crippen molar-refractivity contribution in [2.75, 3.05) is 33.5 Å². The van der Waals surface area contributed by atoms with Crippen LogP contribution in [0.4, 0.5) is 0 Å². The molecule has 0 saturated carbocycles. The summed E-state index contributed by atoms with van der Waals surface area (Å²) in [6, 6.07) is 5.85. The van der Waals surface area contributed by atoms with Crippen molar-refractivity contribution < 1.29 is 19.0 Å². The van der Waals surface area contributed by atoms with Crippen molar-refractivity contribution in [3.05, 3.63) is 23.8 Å². The Morgan fingerprint density at radius 1 is 1.35 bits per heavy atom. The third-order valence-corrected chi connectivity index (χ3v) is 3.26. The third-order valence-electron chi connectivity index (χ3n) is 3.26. The number of carbonyl (C=O) groups is 1. The number of nitrogens with one attached hydrogen (secondary N) is 1. The van der Waals surface area contributed by atoms with Gasteiger partial charge in [-0.2, -0.15) is 0 Å². The molecule has 1 N–H and O–H groups in total. The Kier molecular flexibility index (Phi) is 5.24. The SMILES string of the molecule is COCCNC(=O)CC(C)c1ccc2c(c1)OCCO2. The molecule has 0 radical (unpaired) electrons. The second kappa shape index (κ2) is 7.14.